The lowest BCUT2D eigenvalue weighted by Gasteiger charge is -2.42. The summed E-state index contributed by atoms with van der Waals surface area (Å²) in [6, 6.07) is 27.2. The third-order valence-corrected chi connectivity index (χ3v) is 7.78. The minimum atomic E-state index is 0.342. The molecule has 4 aromatic carbocycles. The second-order valence-electron chi connectivity index (χ2n) is 7.22. The topological polar surface area (TPSA) is 0 Å². The molecular formula is C24H14Br2. The van der Waals surface area contributed by atoms with E-state index in [1.165, 1.54) is 44.2 Å². The Bertz CT molecular complexity index is 1080. The quantitative estimate of drug-likeness (QED) is 0.222. The number of hydrogen-bond donors (Lipinski definition) is 0. The van der Waals surface area contributed by atoms with E-state index in [0.29, 0.717) is 11.8 Å². The molecule has 0 heterocycles. The van der Waals surface area contributed by atoms with Gasteiger partial charge in [0.1, 0.15) is 0 Å². The molecule has 0 radical (unpaired) electrons. The largest absolute Gasteiger partial charge is 0.0619 e. The molecule has 26 heavy (non-hydrogen) atoms. The summed E-state index contributed by atoms with van der Waals surface area (Å²) >= 11 is 7.32. The second kappa shape index (κ2) is 5.31. The number of halogens is 2. The van der Waals surface area contributed by atoms with Gasteiger partial charge in [-0.1, -0.05) is 48.5 Å². The summed E-state index contributed by atoms with van der Waals surface area (Å²) < 4.78 is 2.21. The highest BCUT2D eigenvalue weighted by Gasteiger charge is 2.40. The zero-order chi connectivity index (χ0) is 17.4. The molecule has 2 bridgehead atoms. The van der Waals surface area contributed by atoms with E-state index in [4.69, 9.17) is 0 Å². The molecule has 3 aliphatic carbocycles. The van der Waals surface area contributed by atoms with Gasteiger partial charge in [-0.05, 0) is 100 Å². The third kappa shape index (κ3) is 1.89. The molecule has 0 unspecified atom stereocenters. The van der Waals surface area contributed by atoms with Crippen LogP contribution in [-0.2, 0) is 0 Å². The first-order chi connectivity index (χ1) is 12.7. The molecule has 0 fully saturated rings. The van der Waals surface area contributed by atoms with Crippen molar-refractivity contribution < 1.29 is 0 Å². The Morgan fingerprint density at radius 1 is 0.462 bits per heavy atom. The van der Waals surface area contributed by atoms with E-state index >= 15 is 0 Å². The Balaban J connectivity index is 1.73. The molecule has 0 N–H and O–H groups in total. The molecular weight excluding hydrogens is 448 g/mol. The standard InChI is InChI=1S/C24H14Br2/c25-21-11-13-9-19-20(10-14(13)12-22(21)26)24-16-6-2-1-5-15(16)23(19)17-7-3-4-8-18(17)24/h1-12,23-24H. The van der Waals surface area contributed by atoms with Gasteiger partial charge in [-0.2, -0.15) is 0 Å². The van der Waals surface area contributed by atoms with Gasteiger partial charge >= 0.3 is 0 Å². The predicted octanol–water partition coefficient (Wildman–Crippen LogP) is 7.35. The zero-order valence-corrected chi connectivity index (χ0v) is 17.0. The SMILES string of the molecule is Brc1cc2cc3c(cc2cc1Br)C1c2ccccc2C3c2ccccc21. The minimum Gasteiger partial charge on any atom is -0.0619 e. The molecule has 3 aliphatic rings. The molecule has 0 aliphatic heterocycles. The van der Waals surface area contributed by atoms with Crippen molar-refractivity contribution in [2.24, 2.45) is 0 Å². The molecule has 2 heteroatoms. The summed E-state index contributed by atoms with van der Waals surface area (Å²) in [4.78, 5) is 0. The van der Waals surface area contributed by atoms with Crippen LogP contribution in [0.1, 0.15) is 45.2 Å². The van der Waals surface area contributed by atoms with Crippen LogP contribution in [0.3, 0.4) is 0 Å². The molecule has 0 amide bonds. The highest BCUT2D eigenvalue weighted by atomic mass is 79.9. The van der Waals surface area contributed by atoms with Gasteiger partial charge in [0.25, 0.3) is 0 Å². The molecule has 0 nitrogen and oxygen atoms in total. The van der Waals surface area contributed by atoms with Crippen LogP contribution in [0.15, 0.2) is 81.7 Å². The summed E-state index contributed by atoms with van der Waals surface area (Å²) in [6.07, 6.45) is 0. The fourth-order valence-corrected chi connectivity index (χ4v) is 5.63. The van der Waals surface area contributed by atoms with Crippen molar-refractivity contribution in [2.75, 3.05) is 0 Å². The number of hydrogen-bond acceptors (Lipinski definition) is 0. The Hall–Kier alpha value is -1.90. The fourth-order valence-electron chi connectivity index (χ4n) is 4.91. The fraction of sp³-hybridized carbons (Fsp3) is 0.0833. The van der Waals surface area contributed by atoms with Gasteiger partial charge in [0, 0.05) is 20.8 Å². The number of benzene rings is 4. The van der Waals surface area contributed by atoms with Crippen molar-refractivity contribution in [2.45, 2.75) is 11.8 Å². The minimum absolute atomic E-state index is 0.342. The van der Waals surface area contributed by atoms with Crippen LogP contribution < -0.4 is 0 Å². The zero-order valence-electron chi connectivity index (χ0n) is 13.8. The molecule has 4 aromatic rings. The second-order valence-corrected chi connectivity index (χ2v) is 8.93. The lowest BCUT2D eigenvalue weighted by Crippen LogP contribution is -2.27. The third-order valence-electron chi connectivity index (χ3n) is 5.94. The molecule has 0 saturated heterocycles. The van der Waals surface area contributed by atoms with Gasteiger partial charge in [0.2, 0.25) is 0 Å². The van der Waals surface area contributed by atoms with Gasteiger partial charge in [-0.25, -0.2) is 0 Å². The lowest BCUT2D eigenvalue weighted by molar-refractivity contribution is 0.756. The van der Waals surface area contributed by atoms with Crippen molar-refractivity contribution >= 4 is 42.6 Å². The highest BCUT2D eigenvalue weighted by molar-refractivity contribution is 9.13. The van der Waals surface area contributed by atoms with Crippen molar-refractivity contribution in [3.8, 4) is 0 Å². The average molecular weight is 462 g/mol. The summed E-state index contributed by atoms with van der Waals surface area (Å²) in [7, 11) is 0. The normalized spacial score (nSPS) is 19.2. The monoisotopic (exact) mass is 460 g/mol. The molecule has 0 spiro atoms. The van der Waals surface area contributed by atoms with E-state index in [-0.39, 0.29) is 0 Å². The van der Waals surface area contributed by atoms with Crippen LogP contribution in [0.2, 0.25) is 0 Å². The van der Waals surface area contributed by atoms with Crippen LogP contribution in [-0.4, -0.2) is 0 Å². The molecule has 0 aromatic heterocycles. The highest BCUT2D eigenvalue weighted by Crippen LogP contribution is 2.56. The van der Waals surface area contributed by atoms with Gasteiger partial charge < -0.3 is 0 Å². The van der Waals surface area contributed by atoms with E-state index in [1.54, 1.807) is 0 Å². The van der Waals surface area contributed by atoms with Gasteiger partial charge in [-0.3, -0.25) is 0 Å². The van der Waals surface area contributed by atoms with Crippen molar-refractivity contribution in [1.82, 2.24) is 0 Å². The number of rotatable bonds is 0. The maximum atomic E-state index is 3.66. The van der Waals surface area contributed by atoms with Crippen LogP contribution in [0.25, 0.3) is 10.8 Å². The summed E-state index contributed by atoms with van der Waals surface area (Å²) in [5, 5.41) is 2.59. The van der Waals surface area contributed by atoms with Gasteiger partial charge in [-0.15, -0.1) is 0 Å². The van der Waals surface area contributed by atoms with Crippen molar-refractivity contribution in [1.29, 1.82) is 0 Å². The summed E-state index contributed by atoms with van der Waals surface area (Å²) in [5.41, 5.74) is 8.82. The van der Waals surface area contributed by atoms with E-state index in [9.17, 15) is 0 Å². The first-order valence-electron chi connectivity index (χ1n) is 8.82. The van der Waals surface area contributed by atoms with Gasteiger partial charge in [0.05, 0.1) is 0 Å². The van der Waals surface area contributed by atoms with Crippen LogP contribution in [0.5, 0.6) is 0 Å². The van der Waals surface area contributed by atoms with Crippen LogP contribution in [0, 0.1) is 0 Å². The van der Waals surface area contributed by atoms with Gasteiger partial charge in [0.15, 0.2) is 0 Å². The maximum Gasteiger partial charge on any atom is 0.0349 e. The molecule has 0 atom stereocenters. The molecule has 0 saturated carbocycles. The smallest absolute Gasteiger partial charge is 0.0349 e. The predicted molar refractivity (Wildman–Crippen MR) is 114 cm³/mol. The van der Waals surface area contributed by atoms with E-state index in [1.807, 2.05) is 0 Å². The molecule has 7 rings (SSSR count). The van der Waals surface area contributed by atoms with Crippen molar-refractivity contribution in [3.63, 3.8) is 0 Å². The van der Waals surface area contributed by atoms with Crippen molar-refractivity contribution in [3.05, 3.63) is 115 Å². The van der Waals surface area contributed by atoms with E-state index in [0.717, 1.165) is 8.95 Å². The Kier molecular flexibility index (Phi) is 3.10. The number of fused-ring (bicyclic) bond motifs is 1. The maximum absolute atomic E-state index is 3.66. The first kappa shape index (κ1) is 15.2. The Labute approximate surface area is 169 Å². The van der Waals surface area contributed by atoms with Crippen LogP contribution >= 0.6 is 31.9 Å². The lowest BCUT2D eigenvalue weighted by atomic mass is 9.61. The van der Waals surface area contributed by atoms with Crippen LogP contribution in [0.4, 0.5) is 0 Å². The van der Waals surface area contributed by atoms with E-state index in [2.05, 4.69) is 105 Å². The summed E-state index contributed by atoms with van der Waals surface area (Å²) in [5.74, 6) is 0.684. The Morgan fingerprint density at radius 2 is 0.808 bits per heavy atom. The summed E-state index contributed by atoms with van der Waals surface area (Å²) in [6.45, 7) is 0. The van der Waals surface area contributed by atoms with E-state index < -0.39 is 0 Å². The first-order valence-corrected chi connectivity index (χ1v) is 10.4. The molecule has 124 valence electrons. The Morgan fingerprint density at radius 3 is 1.15 bits per heavy atom. The average Bonchev–Trinajstić information content (AvgIpc) is 2.67.